The summed E-state index contributed by atoms with van der Waals surface area (Å²) >= 11 is 5.25. The standard InChI is InChI=1S/C16H21N3O2S/c1-3-11(2)14(20)10-17-15(21)13-9-18-16(22)19(13)12-7-5-4-6-8-12/h4-9,11,14,20H,3,10H2,1-2H3,(H,17,21)(H,18,22). The molecule has 2 atom stereocenters. The van der Waals surface area contributed by atoms with Crippen LogP contribution in [0.3, 0.4) is 0 Å². The van der Waals surface area contributed by atoms with Gasteiger partial charge >= 0.3 is 0 Å². The van der Waals surface area contributed by atoms with E-state index in [1.54, 1.807) is 10.8 Å². The SMILES string of the molecule is CCC(C)C(O)CNC(=O)c1c[nH]c(=S)n1-c1ccccc1. The molecule has 22 heavy (non-hydrogen) atoms. The van der Waals surface area contributed by atoms with E-state index in [1.807, 2.05) is 44.2 Å². The fourth-order valence-corrected chi connectivity index (χ4v) is 2.39. The van der Waals surface area contributed by atoms with Gasteiger partial charge in [0.05, 0.1) is 6.10 Å². The van der Waals surface area contributed by atoms with E-state index in [0.717, 1.165) is 12.1 Å². The predicted molar refractivity (Wildman–Crippen MR) is 88.7 cm³/mol. The molecule has 1 amide bonds. The summed E-state index contributed by atoms with van der Waals surface area (Å²) in [6, 6.07) is 9.45. The first-order chi connectivity index (χ1) is 10.5. The number of aliphatic hydroxyl groups is 1. The number of hydrogen-bond donors (Lipinski definition) is 3. The Balaban J connectivity index is 2.17. The van der Waals surface area contributed by atoms with Gasteiger partial charge in [0.1, 0.15) is 5.69 Å². The van der Waals surface area contributed by atoms with Gasteiger partial charge in [-0.1, -0.05) is 38.5 Å². The third-order valence-electron chi connectivity index (χ3n) is 3.80. The Morgan fingerprint density at radius 1 is 1.41 bits per heavy atom. The minimum absolute atomic E-state index is 0.141. The minimum Gasteiger partial charge on any atom is -0.391 e. The normalized spacial score (nSPS) is 13.6. The lowest BCUT2D eigenvalue weighted by atomic mass is 10.0. The summed E-state index contributed by atoms with van der Waals surface area (Å²) in [4.78, 5) is 15.3. The van der Waals surface area contributed by atoms with E-state index in [2.05, 4.69) is 10.3 Å². The molecular formula is C16H21N3O2S. The molecule has 0 saturated carbocycles. The molecule has 0 saturated heterocycles. The summed E-state index contributed by atoms with van der Waals surface area (Å²) in [5.41, 5.74) is 1.24. The van der Waals surface area contributed by atoms with Crippen molar-refractivity contribution in [1.82, 2.24) is 14.9 Å². The van der Waals surface area contributed by atoms with Crippen LogP contribution in [-0.2, 0) is 0 Å². The number of para-hydroxylation sites is 1. The van der Waals surface area contributed by atoms with Crippen LogP contribution in [0.4, 0.5) is 0 Å². The molecule has 0 radical (unpaired) electrons. The van der Waals surface area contributed by atoms with Crippen molar-refractivity contribution < 1.29 is 9.90 Å². The number of imidazole rings is 1. The molecule has 2 aromatic rings. The zero-order chi connectivity index (χ0) is 16.1. The van der Waals surface area contributed by atoms with E-state index < -0.39 is 6.10 Å². The van der Waals surface area contributed by atoms with Crippen molar-refractivity contribution >= 4 is 18.1 Å². The molecular weight excluding hydrogens is 298 g/mol. The van der Waals surface area contributed by atoms with E-state index in [0.29, 0.717) is 10.5 Å². The molecule has 0 aliphatic rings. The summed E-state index contributed by atoms with van der Waals surface area (Å²) in [5.74, 6) is -0.124. The van der Waals surface area contributed by atoms with Crippen LogP contribution < -0.4 is 5.32 Å². The number of nitrogens with one attached hydrogen (secondary N) is 2. The predicted octanol–water partition coefficient (Wildman–Crippen LogP) is 2.67. The number of aromatic nitrogens is 2. The summed E-state index contributed by atoms with van der Waals surface area (Å²) in [6.07, 6.45) is 1.89. The second-order valence-electron chi connectivity index (χ2n) is 5.31. The molecule has 0 aliphatic heterocycles. The van der Waals surface area contributed by atoms with Crippen molar-refractivity contribution in [3.05, 3.63) is 47.0 Å². The minimum atomic E-state index is -0.555. The largest absolute Gasteiger partial charge is 0.391 e. The van der Waals surface area contributed by atoms with Crippen molar-refractivity contribution in [2.75, 3.05) is 6.54 Å². The van der Waals surface area contributed by atoms with Gasteiger partial charge < -0.3 is 15.4 Å². The van der Waals surface area contributed by atoms with Crippen molar-refractivity contribution in [3.8, 4) is 5.69 Å². The molecule has 5 nitrogen and oxygen atoms in total. The van der Waals surface area contributed by atoms with Crippen molar-refractivity contribution in [2.45, 2.75) is 26.4 Å². The Hall–Kier alpha value is -1.92. The number of benzene rings is 1. The first-order valence-electron chi connectivity index (χ1n) is 7.36. The summed E-state index contributed by atoms with van der Waals surface area (Å²) in [7, 11) is 0. The highest BCUT2D eigenvalue weighted by molar-refractivity contribution is 7.71. The number of rotatable bonds is 6. The van der Waals surface area contributed by atoms with Gasteiger partial charge in [0.15, 0.2) is 4.77 Å². The van der Waals surface area contributed by atoms with Crippen LogP contribution in [0.1, 0.15) is 30.8 Å². The molecule has 2 rings (SSSR count). The van der Waals surface area contributed by atoms with Gasteiger partial charge in [-0.3, -0.25) is 9.36 Å². The highest BCUT2D eigenvalue weighted by Gasteiger charge is 2.17. The second kappa shape index (κ2) is 7.38. The van der Waals surface area contributed by atoms with E-state index in [1.165, 1.54) is 0 Å². The van der Waals surface area contributed by atoms with Gasteiger partial charge in [0, 0.05) is 18.4 Å². The second-order valence-corrected chi connectivity index (χ2v) is 5.70. The zero-order valence-electron chi connectivity index (χ0n) is 12.7. The maximum atomic E-state index is 12.4. The number of aromatic amines is 1. The summed E-state index contributed by atoms with van der Waals surface area (Å²) < 4.78 is 2.14. The fraction of sp³-hybridized carbons (Fsp3) is 0.375. The third kappa shape index (κ3) is 3.64. The molecule has 1 aromatic carbocycles. The molecule has 0 fully saturated rings. The Labute approximate surface area is 135 Å². The average molecular weight is 319 g/mol. The lowest BCUT2D eigenvalue weighted by Crippen LogP contribution is -2.36. The number of carbonyl (C=O) groups is 1. The molecule has 0 bridgehead atoms. The number of amides is 1. The van der Waals surface area contributed by atoms with Gasteiger partial charge in [-0.15, -0.1) is 0 Å². The molecule has 0 aliphatic carbocycles. The van der Waals surface area contributed by atoms with Gasteiger partial charge in [-0.05, 0) is 30.3 Å². The number of hydrogen-bond acceptors (Lipinski definition) is 3. The van der Waals surface area contributed by atoms with Crippen LogP contribution in [0.15, 0.2) is 36.5 Å². The molecule has 3 N–H and O–H groups in total. The first kappa shape index (κ1) is 16.5. The average Bonchev–Trinajstić information content (AvgIpc) is 2.94. The first-order valence-corrected chi connectivity index (χ1v) is 7.77. The van der Waals surface area contributed by atoms with Gasteiger partial charge in [-0.2, -0.15) is 0 Å². The van der Waals surface area contributed by atoms with Crippen LogP contribution in [0.2, 0.25) is 0 Å². The Bertz CT molecular complexity index is 678. The van der Waals surface area contributed by atoms with E-state index in [9.17, 15) is 9.90 Å². The lowest BCUT2D eigenvalue weighted by molar-refractivity contribution is 0.0844. The van der Waals surface area contributed by atoms with Gasteiger partial charge in [0.2, 0.25) is 0 Å². The van der Waals surface area contributed by atoms with Crippen LogP contribution in [0.5, 0.6) is 0 Å². The number of carbonyl (C=O) groups excluding carboxylic acids is 1. The van der Waals surface area contributed by atoms with Crippen molar-refractivity contribution in [3.63, 3.8) is 0 Å². The Morgan fingerprint density at radius 2 is 2.09 bits per heavy atom. The maximum absolute atomic E-state index is 12.4. The van der Waals surface area contributed by atoms with Gasteiger partial charge in [-0.25, -0.2) is 0 Å². The van der Waals surface area contributed by atoms with Crippen molar-refractivity contribution in [2.24, 2.45) is 5.92 Å². The third-order valence-corrected chi connectivity index (χ3v) is 4.10. The zero-order valence-corrected chi connectivity index (χ0v) is 13.6. The van der Waals surface area contributed by atoms with Crippen LogP contribution >= 0.6 is 12.2 Å². The number of aliphatic hydroxyl groups excluding tert-OH is 1. The molecule has 1 aromatic heterocycles. The number of H-pyrrole nitrogens is 1. The highest BCUT2D eigenvalue weighted by atomic mass is 32.1. The molecule has 0 spiro atoms. The van der Waals surface area contributed by atoms with Crippen LogP contribution in [-0.4, -0.2) is 33.2 Å². The Kier molecular flexibility index (Phi) is 5.51. The molecule has 6 heteroatoms. The molecule has 118 valence electrons. The molecule has 2 unspecified atom stereocenters. The number of nitrogens with zero attached hydrogens (tertiary/aromatic N) is 1. The van der Waals surface area contributed by atoms with Gasteiger partial charge in [0.25, 0.3) is 5.91 Å². The van der Waals surface area contributed by atoms with Crippen LogP contribution in [0, 0.1) is 10.7 Å². The quantitative estimate of drug-likeness (QED) is 0.717. The lowest BCUT2D eigenvalue weighted by Gasteiger charge is -2.17. The monoisotopic (exact) mass is 319 g/mol. The summed E-state index contributed by atoms with van der Waals surface area (Å²) in [5, 5.41) is 12.7. The maximum Gasteiger partial charge on any atom is 0.269 e. The topological polar surface area (TPSA) is 70.1 Å². The van der Waals surface area contributed by atoms with Crippen molar-refractivity contribution in [1.29, 1.82) is 0 Å². The van der Waals surface area contributed by atoms with E-state index in [-0.39, 0.29) is 18.4 Å². The Morgan fingerprint density at radius 3 is 2.73 bits per heavy atom. The smallest absolute Gasteiger partial charge is 0.269 e. The highest BCUT2D eigenvalue weighted by Crippen LogP contribution is 2.13. The van der Waals surface area contributed by atoms with E-state index in [4.69, 9.17) is 12.2 Å². The fourth-order valence-electron chi connectivity index (χ4n) is 2.13. The summed E-state index contributed by atoms with van der Waals surface area (Å²) in [6.45, 7) is 4.19. The molecule has 1 heterocycles. The van der Waals surface area contributed by atoms with E-state index >= 15 is 0 Å². The van der Waals surface area contributed by atoms with Crippen LogP contribution in [0.25, 0.3) is 5.69 Å².